The largest absolute Gasteiger partial charge is 0.381 e. The fraction of sp³-hybridized carbons (Fsp3) is 0.800. The van der Waals surface area contributed by atoms with E-state index in [1.54, 1.807) is 6.92 Å². The zero-order valence-corrected chi connectivity index (χ0v) is 7.80. The third-order valence-corrected chi connectivity index (χ3v) is 3.78. The predicted molar refractivity (Wildman–Crippen MR) is 46.2 cm³/mol. The summed E-state index contributed by atoms with van der Waals surface area (Å²) in [5, 5.41) is 10.1. The van der Waals surface area contributed by atoms with Crippen molar-refractivity contribution in [2.24, 2.45) is 5.41 Å². The van der Waals surface area contributed by atoms with Gasteiger partial charge >= 0.3 is 0 Å². The molecule has 0 aliphatic heterocycles. The van der Waals surface area contributed by atoms with Gasteiger partial charge in [-0.3, -0.25) is 9.59 Å². The number of Topliss-reactive ketones (excluding diaryl/α,β-unsaturated/α-hetero) is 2. The van der Waals surface area contributed by atoms with E-state index in [1.165, 1.54) is 0 Å². The van der Waals surface area contributed by atoms with Gasteiger partial charge in [0.2, 0.25) is 0 Å². The van der Waals surface area contributed by atoms with Crippen LogP contribution in [-0.4, -0.2) is 22.3 Å². The van der Waals surface area contributed by atoms with Crippen LogP contribution in [0.1, 0.15) is 39.0 Å². The van der Waals surface area contributed by atoms with Crippen molar-refractivity contribution in [3.8, 4) is 0 Å². The Balaban J connectivity index is 2.46. The summed E-state index contributed by atoms with van der Waals surface area (Å²) in [7, 11) is 0. The third kappa shape index (κ3) is 0.881. The van der Waals surface area contributed by atoms with Gasteiger partial charge in [-0.2, -0.15) is 0 Å². The van der Waals surface area contributed by atoms with Crippen molar-refractivity contribution in [2.75, 3.05) is 0 Å². The molecule has 0 aromatic carbocycles. The Hall–Kier alpha value is -0.700. The van der Waals surface area contributed by atoms with Crippen LogP contribution in [-0.2, 0) is 9.59 Å². The Kier molecular flexibility index (Phi) is 1.65. The average molecular weight is 182 g/mol. The molecule has 0 amide bonds. The summed E-state index contributed by atoms with van der Waals surface area (Å²) in [6.45, 7) is 1.74. The Morgan fingerprint density at radius 3 is 2.46 bits per heavy atom. The number of fused-ring (bicyclic) bond motifs is 1. The lowest BCUT2D eigenvalue weighted by atomic mass is 9.65. The molecule has 2 fully saturated rings. The maximum Gasteiger partial charge on any atom is 0.165 e. The number of rotatable bonds is 0. The minimum Gasteiger partial charge on any atom is -0.381 e. The van der Waals surface area contributed by atoms with Crippen LogP contribution in [0.25, 0.3) is 0 Å². The molecule has 1 N–H and O–H groups in total. The fourth-order valence-corrected chi connectivity index (χ4v) is 2.65. The van der Waals surface area contributed by atoms with E-state index in [0.717, 1.165) is 0 Å². The summed E-state index contributed by atoms with van der Waals surface area (Å²) < 4.78 is 0. The standard InChI is InChI=1S/C10H14O3/c1-9-6-4-8(12)10(9,13)5-2-3-7(9)11/h13H,2-6H2,1H3/t9-,10+/m0/s1. The molecule has 2 saturated carbocycles. The quantitative estimate of drug-likeness (QED) is 0.604. The van der Waals surface area contributed by atoms with E-state index in [0.29, 0.717) is 32.1 Å². The molecule has 0 unspecified atom stereocenters. The zero-order valence-electron chi connectivity index (χ0n) is 7.80. The highest BCUT2D eigenvalue weighted by molar-refractivity contribution is 6.01. The molecule has 13 heavy (non-hydrogen) atoms. The monoisotopic (exact) mass is 182 g/mol. The molecule has 72 valence electrons. The van der Waals surface area contributed by atoms with E-state index in [4.69, 9.17) is 0 Å². The molecule has 0 bridgehead atoms. The van der Waals surface area contributed by atoms with Crippen LogP contribution >= 0.6 is 0 Å². The van der Waals surface area contributed by atoms with Gasteiger partial charge in [-0.25, -0.2) is 0 Å². The average Bonchev–Trinajstić information content (AvgIpc) is 2.31. The topological polar surface area (TPSA) is 54.4 Å². The molecule has 0 heterocycles. The molecule has 0 saturated heterocycles. The van der Waals surface area contributed by atoms with Gasteiger partial charge in [0.05, 0.1) is 5.41 Å². The molecular weight excluding hydrogens is 168 g/mol. The molecule has 0 aromatic rings. The molecule has 2 atom stereocenters. The van der Waals surface area contributed by atoms with Crippen LogP contribution in [0.3, 0.4) is 0 Å². The third-order valence-electron chi connectivity index (χ3n) is 3.78. The fourth-order valence-electron chi connectivity index (χ4n) is 2.65. The predicted octanol–water partition coefficient (Wildman–Crippen LogP) is 0.840. The molecule has 3 heteroatoms. The second-order valence-electron chi connectivity index (χ2n) is 4.39. The first-order valence-electron chi connectivity index (χ1n) is 4.80. The number of aliphatic hydroxyl groups is 1. The van der Waals surface area contributed by atoms with E-state index >= 15 is 0 Å². The van der Waals surface area contributed by atoms with Crippen molar-refractivity contribution in [2.45, 2.75) is 44.6 Å². The molecule has 0 radical (unpaired) electrons. The summed E-state index contributed by atoms with van der Waals surface area (Å²) in [5.41, 5.74) is -2.11. The first kappa shape index (κ1) is 8.88. The zero-order chi connectivity index (χ0) is 9.69. The van der Waals surface area contributed by atoms with E-state index in [9.17, 15) is 14.7 Å². The van der Waals surface area contributed by atoms with Gasteiger partial charge in [0.1, 0.15) is 11.4 Å². The number of carbonyl (C=O) groups excluding carboxylic acids is 2. The van der Waals surface area contributed by atoms with Crippen molar-refractivity contribution >= 4 is 11.6 Å². The Labute approximate surface area is 77.1 Å². The Morgan fingerprint density at radius 2 is 1.85 bits per heavy atom. The van der Waals surface area contributed by atoms with Gasteiger partial charge in [0.15, 0.2) is 5.78 Å². The van der Waals surface area contributed by atoms with Crippen molar-refractivity contribution in [1.82, 2.24) is 0 Å². The summed E-state index contributed by atoms with van der Waals surface area (Å²) in [6.07, 6.45) is 2.52. The van der Waals surface area contributed by atoms with Crippen LogP contribution in [0.2, 0.25) is 0 Å². The first-order valence-corrected chi connectivity index (χ1v) is 4.80. The van der Waals surface area contributed by atoms with Crippen LogP contribution < -0.4 is 0 Å². The molecule has 0 aromatic heterocycles. The molecule has 3 nitrogen and oxygen atoms in total. The van der Waals surface area contributed by atoms with Crippen LogP contribution in [0, 0.1) is 5.41 Å². The molecule has 0 spiro atoms. The second-order valence-corrected chi connectivity index (χ2v) is 4.39. The molecule has 2 aliphatic carbocycles. The van der Waals surface area contributed by atoms with Crippen molar-refractivity contribution in [1.29, 1.82) is 0 Å². The molecular formula is C10H14O3. The SMILES string of the molecule is C[C@@]12CCC(=O)[C@]1(O)CCCC2=O. The van der Waals surface area contributed by atoms with E-state index in [1.807, 2.05) is 0 Å². The lowest BCUT2D eigenvalue weighted by Gasteiger charge is -2.40. The second kappa shape index (κ2) is 2.41. The van der Waals surface area contributed by atoms with E-state index in [2.05, 4.69) is 0 Å². The Morgan fingerprint density at radius 1 is 1.15 bits per heavy atom. The highest BCUT2D eigenvalue weighted by Gasteiger charge is 2.61. The van der Waals surface area contributed by atoms with Crippen molar-refractivity contribution in [3.05, 3.63) is 0 Å². The Bertz CT molecular complexity index is 282. The summed E-state index contributed by atoms with van der Waals surface area (Å²) in [6, 6.07) is 0. The van der Waals surface area contributed by atoms with Crippen LogP contribution in [0.4, 0.5) is 0 Å². The normalized spacial score (nSPS) is 45.1. The van der Waals surface area contributed by atoms with Gasteiger partial charge in [0, 0.05) is 12.8 Å². The van der Waals surface area contributed by atoms with Crippen molar-refractivity contribution < 1.29 is 14.7 Å². The lowest BCUT2D eigenvalue weighted by Crippen LogP contribution is -2.53. The van der Waals surface area contributed by atoms with Crippen LogP contribution in [0.5, 0.6) is 0 Å². The van der Waals surface area contributed by atoms with E-state index in [-0.39, 0.29) is 11.6 Å². The number of hydrogen-bond donors (Lipinski definition) is 1. The van der Waals surface area contributed by atoms with Gasteiger partial charge in [-0.1, -0.05) is 0 Å². The minimum absolute atomic E-state index is 0.0621. The smallest absolute Gasteiger partial charge is 0.165 e. The highest BCUT2D eigenvalue weighted by atomic mass is 16.3. The maximum absolute atomic E-state index is 11.6. The highest BCUT2D eigenvalue weighted by Crippen LogP contribution is 2.50. The van der Waals surface area contributed by atoms with Gasteiger partial charge in [-0.15, -0.1) is 0 Å². The van der Waals surface area contributed by atoms with Gasteiger partial charge in [-0.05, 0) is 26.2 Å². The van der Waals surface area contributed by atoms with Crippen molar-refractivity contribution in [3.63, 3.8) is 0 Å². The van der Waals surface area contributed by atoms with Gasteiger partial charge < -0.3 is 5.11 Å². The summed E-state index contributed by atoms with van der Waals surface area (Å²) >= 11 is 0. The maximum atomic E-state index is 11.6. The molecule has 2 aliphatic rings. The number of hydrogen-bond acceptors (Lipinski definition) is 3. The van der Waals surface area contributed by atoms with Gasteiger partial charge in [0.25, 0.3) is 0 Å². The number of ketones is 2. The van der Waals surface area contributed by atoms with E-state index < -0.39 is 11.0 Å². The number of carbonyl (C=O) groups is 2. The van der Waals surface area contributed by atoms with Crippen LogP contribution in [0.15, 0.2) is 0 Å². The molecule has 2 rings (SSSR count). The lowest BCUT2D eigenvalue weighted by molar-refractivity contribution is -0.159. The summed E-state index contributed by atoms with van der Waals surface area (Å²) in [5.74, 6) is -0.0739. The summed E-state index contributed by atoms with van der Waals surface area (Å²) in [4.78, 5) is 23.1. The minimum atomic E-state index is -1.33. The first-order chi connectivity index (χ1) is 6.01.